The predicted octanol–water partition coefficient (Wildman–Crippen LogP) is 1.00. The summed E-state index contributed by atoms with van der Waals surface area (Å²) in [5.74, 6) is -2.29. The molecule has 2 saturated heterocycles. The van der Waals surface area contributed by atoms with E-state index in [-0.39, 0.29) is 36.6 Å². The topological polar surface area (TPSA) is 108 Å². The van der Waals surface area contributed by atoms with Crippen LogP contribution in [0.4, 0.5) is 5.69 Å². The monoisotopic (exact) mass is 421 g/mol. The Kier molecular flexibility index (Phi) is 4.56. The van der Waals surface area contributed by atoms with Gasteiger partial charge in [0.25, 0.3) is 0 Å². The first-order valence-corrected chi connectivity index (χ1v) is 10.3. The van der Waals surface area contributed by atoms with Gasteiger partial charge >= 0.3 is 0 Å². The molecule has 5 rings (SSSR count). The molecule has 0 aliphatic carbocycles. The van der Waals surface area contributed by atoms with Crippen LogP contribution in [0.3, 0.4) is 0 Å². The molecule has 4 atom stereocenters. The third-order valence-electron chi connectivity index (χ3n) is 6.62. The highest BCUT2D eigenvalue weighted by molar-refractivity contribution is 6.15. The van der Waals surface area contributed by atoms with Gasteiger partial charge in [0, 0.05) is 24.4 Å². The van der Waals surface area contributed by atoms with Crippen LogP contribution in [0.25, 0.3) is 0 Å². The highest BCUT2D eigenvalue weighted by atomic mass is 16.5. The van der Waals surface area contributed by atoms with E-state index in [1.54, 1.807) is 30.3 Å². The number of nitrogens with zero attached hydrogens (tertiary/aromatic N) is 1. The highest BCUT2D eigenvalue weighted by Gasteiger charge is 2.70. The van der Waals surface area contributed by atoms with E-state index < -0.39 is 23.4 Å². The number of fused-ring (bicyclic) bond motifs is 4. The van der Waals surface area contributed by atoms with Gasteiger partial charge in [0.2, 0.25) is 17.7 Å². The molecule has 3 N–H and O–H groups in total. The van der Waals surface area contributed by atoms with Crippen molar-refractivity contribution in [1.82, 2.24) is 10.2 Å². The first kappa shape index (κ1) is 19.7. The van der Waals surface area contributed by atoms with Gasteiger partial charge in [0.05, 0.1) is 25.0 Å². The Morgan fingerprint density at radius 3 is 2.55 bits per heavy atom. The van der Waals surface area contributed by atoms with E-state index in [1.807, 2.05) is 18.2 Å². The minimum Gasteiger partial charge on any atom is -0.508 e. The van der Waals surface area contributed by atoms with Crippen molar-refractivity contribution in [1.29, 1.82) is 0 Å². The number of carbonyl (C=O) groups is 3. The summed E-state index contributed by atoms with van der Waals surface area (Å²) in [5, 5.41) is 15.9. The van der Waals surface area contributed by atoms with E-state index in [0.717, 1.165) is 5.56 Å². The Bertz CT molecular complexity index is 1070. The van der Waals surface area contributed by atoms with E-state index in [0.29, 0.717) is 17.7 Å². The second-order valence-electron chi connectivity index (χ2n) is 8.25. The molecule has 8 heteroatoms. The van der Waals surface area contributed by atoms with E-state index in [1.165, 1.54) is 12.0 Å². The molecule has 3 heterocycles. The standard InChI is InChI=1S/C23H23N3O5/c1-31-11-10-26-20(28)18-17(12-13-6-8-14(27)9-7-13)25-23(19(18)21(26)29)15-4-2-3-5-16(15)24-22(23)30/h2-9,17-19,25,27H,10-12H2,1H3,(H,24,30)/t17-,18+,19-,23+/m0/s1. The average molecular weight is 421 g/mol. The number of ether oxygens (including phenoxy) is 1. The van der Waals surface area contributed by atoms with Gasteiger partial charge < -0.3 is 15.2 Å². The number of phenols is 1. The van der Waals surface area contributed by atoms with Crippen molar-refractivity contribution in [3.63, 3.8) is 0 Å². The third kappa shape index (κ3) is 2.79. The van der Waals surface area contributed by atoms with Crippen molar-refractivity contribution in [2.45, 2.75) is 18.0 Å². The van der Waals surface area contributed by atoms with E-state index in [2.05, 4.69) is 10.6 Å². The smallest absolute Gasteiger partial charge is 0.250 e. The Morgan fingerprint density at radius 1 is 1.06 bits per heavy atom. The van der Waals surface area contributed by atoms with Gasteiger partial charge in [-0.1, -0.05) is 30.3 Å². The first-order chi connectivity index (χ1) is 15.0. The van der Waals surface area contributed by atoms with Crippen molar-refractivity contribution in [2.75, 3.05) is 25.6 Å². The molecule has 0 radical (unpaired) electrons. The summed E-state index contributed by atoms with van der Waals surface area (Å²) in [7, 11) is 1.52. The normalized spacial score (nSPS) is 28.9. The molecular formula is C23H23N3O5. The van der Waals surface area contributed by atoms with Crippen LogP contribution in [0.5, 0.6) is 5.75 Å². The molecule has 1 spiro atoms. The Balaban J connectivity index is 1.59. The van der Waals surface area contributed by atoms with Gasteiger partial charge in [-0.05, 0) is 30.2 Å². The van der Waals surface area contributed by atoms with Crippen LogP contribution in [0.15, 0.2) is 48.5 Å². The number of methoxy groups -OCH3 is 1. The lowest BCUT2D eigenvalue weighted by molar-refractivity contribution is -0.143. The average Bonchev–Trinajstić information content (AvgIpc) is 3.33. The zero-order valence-electron chi connectivity index (χ0n) is 17.0. The number of para-hydroxylation sites is 1. The van der Waals surface area contributed by atoms with Crippen molar-refractivity contribution in [2.24, 2.45) is 11.8 Å². The lowest BCUT2D eigenvalue weighted by Crippen LogP contribution is -2.53. The number of imide groups is 1. The minimum atomic E-state index is -1.29. The molecular weight excluding hydrogens is 398 g/mol. The zero-order valence-corrected chi connectivity index (χ0v) is 17.0. The van der Waals surface area contributed by atoms with Crippen LogP contribution in [0.2, 0.25) is 0 Å². The van der Waals surface area contributed by atoms with E-state index >= 15 is 0 Å². The number of hydrogen-bond donors (Lipinski definition) is 3. The molecule has 2 fully saturated rings. The van der Waals surface area contributed by atoms with Crippen molar-refractivity contribution >= 4 is 23.4 Å². The Hall–Kier alpha value is -3.23. The van der Waals surface area contributed by atoms with E-state index in [4.69, 9.17) is 4.74 Å². The van der Waals surface area contributed by atoms with Gasteiger partial charge in [0.1, 0.15) is 11.3 Å². The first-order valence-electron chi connectivity index (χ1n) is 10.3. The number of amides is 3. The number of rotatable bonds is 5. The van der Waals surface area contributed by atoms with Gasteiger partial charge in [0.15, 0.2) is 0 Å². The molecule has 3 aliphatic rings. The molecule has 2 aromatic rings. The van der Waals surface area contributed by atoms with Crippen molar-refractivity contribution in [3.05, 3.63) is 59.7 Å². The molecule has 31 heavy (non-hydrogen) atoms. The Morgan fingerprint density at radius 2 is 1.81 bits per heavy atom. The van der Waals surface area contributed by atoms with Gasteiger partial charge in [-0.3, -0.25) is 24.6 Å². The van der Waals surface area contributed by atoms with Crippen LogP contribution < -0.4 is 10.6 Å². The van der Waals surface area contributed by atoms with Gasteiger partial charge in [-0.25, -0.2) is 0 Å². The molecule has 2 aromatic carbocycles. The third-order valence-corrected chi connectivity index (χ3v) is 6.62. The summed E-state index contributed by atoms with van der Waals surface area (Å²) >= 11 is 0. The summed E-state index contributed by atoms with van der Waals surface area (Å²) in [4.78, 5) is 41.3. The fraction of sp³-hybridized carbons (Fsp3) is 0.348. The van der Waals surface area contributed by atoms with Crippen LogP contribution >= 0.6 is 0 Å². The lowest BCUT2D eigenvalue weighted by atomic mass is 9.76. The van der Waals surface area contributed by atoms with Crippen LogP contribution in [-0.2, 0) is 31.1 Å². The van der Waals surface area contributed by atoms with Crippen molar-refractivity contribution < 1.29 is 24.2 Å². The number of phenolic OH excluding ortho intramolecular Hbond substituents is 1. The summed E-state index contributed by atoms with van der Waals surface area (Å²) in [6.07, 6.45) is 0.440. The largest absolute Gasteiger partial charge is 0.508 e. The lowest BCUT2D eigenvalue weighted by Gasteiger charge is -2.29. The summed E-state index contributed by atoms with van der Waals surface area (Å²) in [6, 6.07) is 13.6. The quantitative estimate of drug-likeness (QED) is 0.622. The molecule has 3 aliphatic heterocycles. The molecule has 0 saturated carbocycles. The molecule has 3 amide bonds. The predicted molar refractivity (Wildman–Crippen MR) is 111 cm³/mol. The molecule has 160 valence electrons. The van der Waals surface area contributed by atoms with E-state index in [9.17, 15) is 19.5 Å². The number of benzene rings is 2. The van der Waals surface area contributed by atoms with Crippen LogP contribution in [-0.4, -0.2) is 54.0 Å². The second-order valence-corrected chi connectivity index (χ2v) is 8.25. The second kappa shape index (κ2) is 7.18. The SMILES string of the molecule is COCCN1C(=O)[C@@H]2[C@H](Cc3ccc(O)cc3)N[C@@]3(C(=O)Nc4ccccc43)[C@@H]2C1=O. The number of carbonyl (C=O) groups excluding carboxylic acids is 3. The van der Waals surface area contributed by atoms with Crippen LogP contribution in [0, 0.1) is 11.8 Å². The van der Waals surface area contributed by atoms with Crippen LogP contribution in [0.1, 0.15) is 11.1 Å². The molecule has 0 bridgehead atoms. The number of anilines is 1. The number of likely N-dealkylation sites (tertiary alicyclic amines) is 1. The van der Waals surface area contributed by atoms with Crippen molar-refractivity contribution in [3.8, 4) is 5.75 Å². The summed E-state index contributed by atoms with van der Waals surface area (Å²) in [6.45, 7) is 0.398. The zero-order chi connectivity index (χ0) is 21.8. The maximum Gasteiger partial charge on any atom is 0.250 e. The fourth-order valence-corrected chi connectivity index (χ4v) is 5.28. The molecule has 0 unspecified atom stereocenters. The number of aromatic hydroxyl groups is 1. The molecule has 8 nitrogen and oxygen atoms in total. The fourth-order valence-electron chi connectivity index (χ4n) is 5.28. The number of hydrogen-bond acceptors (Lipinski definition) is 6. The minimum absolute atomic E-state index is 0.152. The Labute approximate surface area is 179 Å². The summed E-state index contributed by atoms with van der Waals surface area (Å²) < 4.78 is 5.09. The number of nitrogens with one attached hydrogen (secondary N) is 2. The maximum absolute atomic E-state index is 13.5. The summed E-state index contributed by atoms with van der Waals surface area (Å²) in [5.41, 5.74) is 0.947. The highest BCUT2D eigenvalue weighted by Crippen LogP contribution is 2.53. The van der Waals surface area contributed by atoms with Gasteiger partial charge in [-0.2, -0.15) is 0 Å². The molecule has 0 aromatic heterocycles. The maximum atomic E-state index is 13.5. The van der Waals surface area contributed by atoms with Gasteiger partial charge in [-0.15, -0.1) is 0 Å².